The standard InChI is InChI=1S/C21H21N3O4/c1-4-14-5-7-15(8-6-14)20(25)21(26)23-19-11-12-22-24(19)16-9-10-17(27-2)18(13-16)28-3/h5-13H,4H2,1-3H3,(H,23,26). The number of nitrogens with zero attached hydrogens (tertiary/aromatic N) is 2. The number of methoxy groups -OCH3 is 2. The Morgan fingerprint density at radius 2 is 1.71 bits per heavy atom. The molecule has 0 spiro atoms. The van der Waals surface area contributed by atoms with E-state index in [1.54, 1.807) is 43.5 Å². The fraction of sp³-hybridized carbons (Fsp3) is 0.190. The van der Waals surface area contributed by atoms with Crippen molar-refractivity contribution in [1.29, 1.82) is 0 Å². The number of ketones is 1. The first-order chi connectivity index (χ1) is 13.6. The molecule has 0 aliphatic rings. The lowest BCUT2D eigenvalue weighted by Gasteiger charge is -2.12. The van der Waals surface area contributed by atoms with E-state index in [0.717, 1.165) is 12.0 Å². The van der Waals surface area contributed by atoms with Crippen LogP contribution in [0.15, 0.2) is 54.7 Å². The van der Waals surface area contributed by atoms with Crippen molar-refractivity contribution in [2.75, 3.05) is 19.5 Å². The zero-order valence-corrected chi connectivity index (χ0v) is 15.9. The van der Waals surface area contributed by atoms with Crippen LogP contribution in [0.25, 0.3) is 5.69 Å². The first-order valence-corrected chi connectivity index (χ1v) is 8.78. The summed E-state index contributed by atoms with van der Waals surface area (Å²) in [7, 11) is 3.09. The maximum absolute atomic E-state index is 12.4. The van der Waals surface area contributed by atoms with E-state index in [9.17, 15) is 9.59 Å². The molecular formula is C21H21N3O4. The summed E-state index contributed by atoms with van der Waals surface area (Å²) in [4.78, 5) is 24.8. The molecule has 1 N–H and O–H groups in total. The average molecular weight is 379 g/mol. The molecule has 0 aliphatic carbocycles. The van der Waals surface area contributed by atoms with Gasteiger partial charge < -0.3 is 14.8 Å². The van der Waals surface area contributed by atoms with Crippen LogP contribution in [0.3, 0.4) is 0 Å². The largest absolute Gasteiger partial charge is 0.493 e. The number of aromatic nitrogens is 2. The zero-order chi connectivity index (χ0) is 20.1. The van der Waals surface area contributed by atoms with Crippen LogP contribution in [0.5, 0.6) is 11.5 Å². The number of aryl methyl sites for hydroxylation is 1. The predicted molar refractivity (Wildman–Crippen MR) is 105 cm³/mol. The summed E-state index contributed by atoms with van der Waals surface area (Å²) in [5.74, 6) is 0.138. The van der Waals surface area contributed by atoms with E-state index in [4.69, 9.17) is 9.47 Å². The fourth-order valence-corrected chi connectivity index (χ4v) is 2.76. The number of ether oxygens (including phenoxy) is 2. The van der Waals surface area contributed by atoms with E-state index in [2.05, 4.69) is 10.4 Å². The van der Waals surface area contributed by atoms with Gasteiger partial charge in [0.2, 0.25) is 0 Å². The van der Waals surface area contributed by atoms with E-state index < -0.39 is 11.7 Å². The van der Waals surface area contributed by atoms with Crippen LogP contribution in [0.2, 0.25) is 0 Å². The van der Waals surface area contributed by atoms with Gasteiger partial charge in [-0.2, -0.15) is 5.10 Å². The normalized spacial score (nSPS) is 10.4. The Morgan fingerprint density at radius 1 is 1.00 bits per heavy atom. The number of Topliss-reactive ketones (excluding diaryl/α,β-unsaturated/α-hetero) is 1. The van der Waals surface area contributed by atoms with Gasteiger partial charge in [-0.15, -0.1) is 0 Å². The first kappa shape index (κ1) is 19.2. The van der Waals surface area contributed by atoms with Gasteiger partial charge in [-0.25, -0.2) is 4.68 Å². The smallest absolute Gasteiger partial charge is 0.297 e. The average Bonchev–Trinajstić information content (AvgIpc) is 3.20. The van der Waals surface area contributed by atoms with Gasteiger partial charge in [-0.1, -0.05) is 31.2 Å². The Kier molecular flexibility index (Phi) is 5.74. The molecule has 0 radical (unpaired) electrons. The second kappa shape index (κ2) is 8.39. The monoisotopic (exact) mass is 379 g/mol. The number of nitrogens with one attached hydrogen (secondary N) is 1. The Labute approximate surface area is 162 Å². The molecule has 7 heteroatoms. The Morgan fingerprint density at radius 3 is 2.36 bits per heavy atom. The van der Waals surface area contributed by atoms with Crippen molar-refractivity contribution >= 4 is 17.5 Å². The molecule has 1 amide bonds. The van der Waals surface area contributed by atoms with Gasteiger partial charge >= 0.3 is 0 Å². The number of carbonyl (C=O) groups is 2. The molecule has 3 aromatic rings. The quantitative estimate of drug-likeness (QED) is 0.503. The summed E-state index contributed by atoms with van der Waals surface area (Å²) in [5.41, 5.74) is 2.09. The Bertz CT molecular complexity index is 993. The van der Waals surface area contributed by atoms with Gasteiger partial charge in [0, 0.05) is 17.7 Å². The Balaban J connectivity index is 1.81. The van der Waals surface area contributed by atoms with Crippen LogP contribution in [0.4, 0.5) is 5.82 Å². The van der Waals surface area contributed by atoms with Gasteiger partial charge in [-0.05, 0) is 24.1 Å². The SMILES string of the molecule is CCc1ccc(C(=O)C(=O)Nc2ccnn2-c2ccc(OC)c(OC)c2)cc1. The summed E-state index contributed by atoms with van der Waals surface area (Å²) < 4.78 is 12.0. The molecule has 2 aromatic carbocycles. The zero-order valence-electron chi connectivity index (χ0n) is 15.9. The highest BCUT2D eigenvalue weighted by Gasteiger charge is 2.19. The number of carbonyl (C=O) groups excluding carboxylic acids is 2. The van der Waals surface area contributed by atoms with Gasteiger partial charge in [0.1, 0.15) is 5.82 Å². The summed E-state index contributed by atoms with van der Waals surface area (Å²) in [5, 5.41) is 6.84. The van der Waals surface area contributed by atoms with Gasteiger partial charge in [0.05, 0.1) is 26.1 Å². The van der Waals surface area contributed by atoms with Crippen molar-refractivity contribution in [3.63, 3.8) is 0 Å². The highest BCUT2D eigenvalue weighted by atomic mass is 16.5. The molecular weight excluding hydrogens is 358 g/mol. The lowest BCUT2D eigenvalue weighted by atomic mass is 10.1. The topological polar surface area (TPSA) is 82.5 Å². The number of anilines is 1. The molecule has 1 heterocycles. The van der Waals surface area contributed by atoms with Crippen LogP contribution >= 0.6 is 0 Å². The highest BCUT2D eigenvalue weighted by molar-refractivity contribution is 6.46. The first-order valence-electron chi connectivity index (χ1n) is 8.78. The van der Waals surface area contributed by atoms with Crippen molar-refractivity contribution < 1.29 is 19.1 Å². The minimum Gasteiger partial charge on any atom is -0.493 e. The minimum atomic E-state index is -0.730. The molecule has 7 nitrogen and oxygen atoms in total. The molecule has 0 saturated carbocycles. The molecule has 0 atom stereocenters. The van der Waals surface area contributed by atoms with Crippen LogP contribution in [-0.4, -0.2) is 35.7 Å². The molecule has 28 heavy (non-hydrogen) atoms. The lowest BCUT2D eigenvalue weighted by Crippen LogP contribution is -2.24. The second-order valence-electron chi connectivity index (χ2n) is 6.00. The number of rotatable bonds is 7. The van der Waals surface area contributed by atoms with Crippen molar-refractivity contribution in [2.45, 2.75) is 13.3 Å². The van der Waals surface area contributed by atoms with E-state index >= 15 is 0 Å². The maximum Gasteiger partial charge on any atom is 0.297 e. The van der Waals surface area contributed by atoms with E-state index in [0.29, 0.717) is 28.6 Å². The third-order valence-corrected chi connectivity index (χ3v) is 4.33. The molecule has 0 bridgehead atoms. The van der Waals surface area contributed by atoms with Crippen molar-refractivity contribution in [3.05, 3.63) is 65.9 Å². The summed E-state index contributed by atoms with van der Waals surface area (Å²) in [6, 6.07) is 13.9. The van der Waals surface area contributed by atoms with Gasteiger partial charge in [0.15, 0.2) is 11.5 Å². The number of benzene rings is 2. The van der Waals surface area contributed by atoms with Crippen LogP contribution in [0, 0.1) is 0 Å². The summed E-state index contributed by atoms with van der Waals surface area (Å²) in [6.07, 6.45) is 2.40. The summed E-state index contributed by atoms with van der Waals surface area (Å²) >= 11 is 0. The lowest BCUT2D eigenvalue weighted by molar-refractivity contribution is -0.112. The third kappa shape index (κ3) is 3.88. The third-order valence-electron chi connectivity index (χ3n) is 4.33. The molecule has 3 rings (SSSR count). The van der Waals surface area contributed by atoms with E-state index in [-0.39, 0.29) is 0 Å². The van der Waals surface area contributed by atoms with Crippen molar-refractivity contribution in [1.82, 2.24) is 9.78 Å². The predicted octanol–water partition coefficient (Wildman–Crippen LogP) is 3.27. The van der Waals surface area contributed by atoms with Crippen LogP contribution < -0.4 is 14.8 Å². The van der Waals surface area contributed by atoms with Crippen LogP contribution in [-0.2, 0) is 11.2 Å². The number of amides is 1. The molecule has 0 aliphatic heterocycles. The summed E-state index contributed by atoms with van der Waals surface area (Å²) in [6.45, 7) is 2.03. The molecule has 144 valence electrons. The van der Waals surface area contributed by atoms with Gasteiger partial charge in [-0.3, -0.25) is 9.59 Å². The number of hydrogen-bond donors (Lipinski definition) is 1. The van der Waals surface area contributed by atoms with E-state index in [1.807, 2.05) is 19.1 Å². The maximum atomic E-state index is 12.4. The Hall–Kier alpha value is -3.61. The van der Waals surface area contributed by atoms with Crippen LogP contribution in [0.1, 0.15) is 22.8 Å². The highest BCUT2D eigenvalue weighted by Crippen LogP contribution is 2.30. The molecule has 0 saturated heterocycles. The second-order valence-corrected chi connectivity index (χ2v) is 6.00. The molecule has 0 fully saturated rings. The van der Waals surface area contributed by atoms with Crippen molar-refractivity contribution in [3.8, 4) is 17.2 Å². The van der Waals surface area contributed by atoms with Gasteiger partial charge in [0.25, 0.3) is 11.7 Å². The molecule has 1 aromatic heterocycles. The van der Waals surface area contributed by atoms with Crippen molar-refractivity contribution in [2.24, 2.45) is 0 Å². The minimum absolute atomic E-state index is 0.340. The number of hydrogen-bond acceptors (Lipinski definition) is 5. The van der Waals surface area contributed by atoms with E-state index in [1.165, 1.54) is 18.0 Å². The fourth-order valence-electron chi connectivity index (χ4n) is 2.76. The molecule has 0 unspecified atom stereocenters.